The summed E-state index contributed by atoms with van der Waals surface area (Å²) in [7, 11) is 1.70. The van der Waals surface area contributed by atoms with Crippen molar-refractivity contribution < 1.29 is 14.3 Å². The van der Waals surface area contributed by atoms with Crippen LogP contribution in [-0.4, -0.2) is 50.3 Å². The summed E-state index contributed by atoms with van der Waals surface area (Å²) in [6.07, 6.45) is 4.32. The van der Waals surface area contributed by atoms with Gasteiger partial charge in [0.25, 0.3) is 0 Å². The summed E-state index contributed by atoms with van der Waals surface area (Å²) in [6.45, 7) is 4.77. The minimum Gasteiger partial charge on any atom is -0.497 e. The molecular formula is C21H30N2O3. The van der Waals surface area contributed by atoms with Gasteiger partial charge < -0.3 is 14.8 Å². The Morgan fingerprint density at radius 3 is 2.81 bits per heavy atom. The predicted molar refractivity (Wildman–Crippen MR) is 100.0 cm³/mol. The van der Waals surface area contributed by atoms with Gasteiger partial charge >= 0.3 is 0 Å². The summed E-state index contributed by atoms with van der Waals surface area (Å²) >= 11 is 0. The number of benzene rings is 1. The van der Waals surface area contributed by atoms with Crippen molar-refractivity contribution in [2.24, 2.45) is 17.8 Å². The van der Waals surface area contributed by atoms with Crippen molar-refractivity contribution in [3.63, 3.8) is 0 Å². The molecule has 1 aromatic rings. The molecule has 2 heterocycles. The second kappa shape index (κ2) is 7.97. The number of likely N-dealkylation sites (tertiary alicyclic amines) is 1. The number of hydrogen-bond donors (Lipinski definition) is 1. The number of nitrogens with zero attached hydrogens (tertiary/aromatic N) is 1. The molecule has 0 bridgehead atoms. The van der Waals surface area contributed by atoms with Crippen LogP contribution in [0, 0.1) is 17.8 Å². The molecule has 1 aliphatic carbocycles. The fourth-order valence-corrected chi connectivity index (χ4v) is 4.34. The van der Waals surface area contributed by atoms with E-state index >= 15 is 0 Å². The summed E-state index contributed by atoms with van der Waals surface area (Å²) in [5, 5.41) is 3.08. The number of rotatable bonds is 7. The average Bonchev–Trinajstić information content (AvgIpc) is 3.42. The van der Waals surface area contributed by atoms with Crippen LogP contribution in [0.25, 0.3) is 0 Å². The van der Waals surface area contributed by atoms with E-state index < -0.39 is 0 Å². The molecule has 0 radical (unpaired) electrons. The number of fused-ring (bicyclic) bond motifs is 1. The second-order valence-corrected chi connectivity index (χ2v) is 8.12. The summed E-state index contributed by atoms with van der Waals surface area (Å²) in [6, 6.07) is 8.33. The first-order valence-corrected chi connectivity index (χ1v) is 9.95. The SMILES string of the molecule is COc1ccc(CN2CC[C@@H]3[C@@H](CO[C@H]3CC(=O)NCC3CC3)C2)cc1. The van der Waals surface area contributed by atoms with E-state index in [1.165, 1.54) is 18.4 Å². The normalized spacial score (nSPS) is 28.6. The Labute approximate surface area is 156 Å². The first-order chi connectivity index (χ1) is 12.7. The Morgan fingerprint density at radius 1 is 1.27 bits per heavy atom. The highest BCUT2D eigenvalue weighted by atomic mass is 16.5. The van der Waals surface area contributed by atoms with E-state index in [-0.39, 0.29) is 12.0 Å². The Balaban J connectivity index is 1.25. The highest BCUT2D eigenvalue weighted by Crippen LogP contribution is 2.36. The molecule has 26 heavy (non-hydrogen) atoms. The van der Waals surface area contributed by atoms with E-state index in [0.717, 1.165) is 50.9 Å². The van der Waals surface area contributed by atoms with Gasteiger partial charge in [-0.15, -0.1) is 0 Å². The Bertz CT molecular complexity index is 614. The predicted octanol–water partition coefficient (Wildman–Crippen LogP) is 2.45. The van der Waals surface area contributed by atoms with E-state index in [2.05, 4.69) is 22.3 Å². The fraction of sp³-hybridized carbons (Fsp3) is 0.667. The molecule has 4 rings (SSSR count). The van der Waals surface area contributed by atoms with Crippen molar-refractivity contribution in [1.29, 1.82) is 0 Å². The first-order valence-electron chi connectivity index (χ1n) is 9.95. The molecule has 1 aromatic carbocycles. The van der Waals surface area contributed by atoms with E-state index in [1.54, 1.807) is 7.11 Å². The smallest absolute Gasteiger partial charge is 0.222 e. The molecule has 5 heteroatoms. The van der Waals surface area contributed by atoms with Crippen molar-refractivity contribution in [2.75, 3.05) is 33.4 Å². The van der Waals surface area contributed by atoms with Crippen LogP contribution in [-0.2, 0) is 16.1 Å². The maximum atomic E-state index is 12.2. The van der Waals surface area contributed by atoms with Gasteiger partial charge in [0.1, 0.15) is 5.75 Å². The standard InChI is InChI=1S/C21H30N2O3/c1-25-18-6-4-16(5-7-18)12-23-9-8-19-17(13-23)14-26-20(19)10-21(24)22-11-15-2-3-15/h4-7,15,17,19-20H,2-3,8-14H2,1H3,(H,22,24)/t17-,19-,20+/m1/s1. The van der Waals surface area contributed by atoms with Gasteiger partial charge in [-0.25, -0.2) is 0 Å². The van der Waals surface area contributed by atoms with Gasteiger partial charge in [0, 0.05) is 25.6 Å². The Morgan fingerprint density at radius 2 is 2.08 bits per heavy atom. The molecule has 3 aliphatic rings. The lowest BCUT2D eigenvalue weighted by atomic mass is 9.83. The number of hydrogen-bond acceptors (Lipinski definition) is 4. The van der Waals surface area contributed by atoms with Gasteiger partial charge in [0.2, 0.25) is 5.91 Å². The fourth-order valence-electron chi connectivity index (χ4n) is 4.34. The van der Waals surface area contributed by atoms with Crippen LogP contribution in [0.4, 0.5) is 0 Å². The van der Waals surface area contributed by atoms with Gasteiger partial charge in [-0.2, -0.15) is 0 Å². The summed E-state index contributed by atoms with van der Waals surface area (Å²) in [5.74, 6) is 2.90. The van der Waals surface area contributed by atoms with Crippen molar-refractivity contribution >= 4 is 5.91 Å². The molecule has 5 nitrogen and oxygen atoms in total. The molecule has 2 aliphatic heterocycles. The lowest BCUT2D eigenvalue weighted by Gasteiger charge is -2.35. The van der Waals surface area contributed by atoms with E-state index in [9.17, 15) is 4.79 Å². The number of ether oxygens (including phenoxy) is 2. The Hall–Kier alpha value is -1.59. The van der Waals surface area contributed by atoms with Crippen molar-refractivity contribution in [3.8, 4) is 5.75 Å². The van der Waals surface area contributed by atoms with Crippen LogP contribution in [0.3, 0.4) is 0 Å². The molecule has 1 saturated carbocycles. The number of nitrogens with one attached hydrogen (secondary N) is 1. The number of carbonyl (C=O) groups is 1. The third-order valence-corrected chi connectivity index (χ3v) is 6.12. The third kappa shape index (κ3) is 4.38. The summed E-state index contributed by atoms with van der Waals surface area (Å²) in [4.78, 5) is 14.7. The summed E-state index contributed by atoms with van der Waals surface area (Å²) in [5.41, 5.74) is 1.32. The Kier molecular flexibility index (Phi) is 5.46. The largest absolute Gasteiger partial charge is 0.497 e. The molecule has 142 valence electrons. The maximum absolute atomic E-state index is 12.2. The van der Waals surface area contributed by atoms with E-state index in [0.29, 0.717) is 18.3 Å². The lowest BCUT2D eigenvalue weighted by molar-refractivity contribution is -0.123. The second-order valence-electron chi connectivity index (χ2n) is 8.12. The van der Waals surface area contributed by atoms with Crippen molar-refractivity contribution in [3.05, 3.63) is 29.8 Å². The molecule has 1 amide bonds. The van der Waals surface area contributed by atoms with Gasteiger partial charge in [-0.3, -0.25) is 9.69 Å². The zero-order chi connectivity index (χ0) is 17.9. The topological polar surface area (TPSA) is 50.8 Å². The number of piperidine rings is 1. The number of methoxy groups -OCH3 is 1. The van der Waals surface area contributed by atoms with Crippen LogP contribution in [0.15, 0.2) is 24.3 Å². The highest BCUT2D eigenvalue weighted by molar-refractivity contribution is 5.76. The van der Waals surface area contributed by atoms with Gasteiger partial charge in [-0.05, 0) is 55.3 Å². The van der Waals surface area contributed by atoms with Crippen molar-refractivity contribution in [2.45, 2.75) is 38.3 Å². The molecular weight excluding hydrogens is 328 g/mol. The highest BCUT2D eigenvalue weighted by Gasteiger charge is 2.41. The molecule has 0 aromatic heterocycles. The van der Waals surface area contributed by atoms with Crippen LogP contribution >= 0.6 is 0 Å². The molecule has 1 N–H and O–H groups in total. The van der Waals surface area contributed by atoms with Crippen LogP contribution in [0.5, 0.6) is 5.75 Å². The van der Waals surface area contributed by atoms with E-state index in [4.69, 9.17) is 9.47 Å². The van der Waals surface area contributed by atoms with Gasteiger partial charge in [0.05, 0.1) is 26.2 Å². The number of carbonyl (C=O) groups excluding carboxylic acids is 1. The van der Waals surface area contributed by atoms with Gasteiger partial charge in [0.15, 0.2) is 0 Å². The molecule has 0 spiro atoms. The van der Waals surface area contributed by atoms with E-state index in [1.807, 2.05) is 12.1 Å². The minimum absolute atomic E-state index is 0.113. The average molecular weight is 358 g/mol. The molecule has 3 fully saturated rings. The van der Waals surface area contributed by atoms with Crippen molar-refractivity contribution in [1.82, 2.24) is 10.2 Å². The zero-order valence-electron chi connectivity index (χ0n) is 15.7. The quantitative estimate of drug-likeness (QED) is 0.813. The lowest BCUT2D eigenvalue weighted by Crippen LogP contribution is -2.42. The molecule has 0 unspecified atom stereocenters. The van der Waals surface area contributed by atoms with Crippen LogP contribution in [0.1, 0.15) is 31.2 Å². The third-order valence-electron chi connectivity index (χ3n) is 6.12. The van der Waals surface area contributed by atoms with Crippen LogP contribution in [0.2, 0.25) is 0 Å². The maximum Gasteiger partial charge on any atom is 0.222 e. The molecule has 2 saturated heterocycles. The minimum atomic E-state index is 0.113. The first kappa shape index (κ1) is 17.8. The number of amides is 1. The van der Waals surface area contributed by atoms with Crippen LogP contribution < -0.4 is 10.1 Å². The zero-order valence-corrected chi connectivity index (χ0v) is 15.7. The molecule has 3 atom stereocenters. The van der Waals surface area contributed by atoms with Gasteiger partial charge in [-0.1, -0.05) is 12.1 Å². The monoisotopic (exact) mass is 358 g/mol. The summed E-state index contributed by atoms with van der Waals surface area (Å²) < 4.78 is 11.2.